The van der Waals surface area contributed by atoms with Crippen molar-refractivity contribution in [2.45, 2.75) is 42.7 Å². The topological polar surface area (TPSA) is 46.6 Å². The van der Waals surface area contributed by atoms with Gasteiger partial charge >= 0.3 is 0 Å². The molecule has 0 bridgehead atoms. The van der Waals surface area contributed by atoms with Gasteiger partial charge in [-0.3, -0.25) is 0 Å². The summed E-state index contributed by atoms with van der Waals surface area (Å²) in [4.78, 5) is 0.202. The maximum absolute atomic E-state index is 12.8. The molecule has 2 fully saturated rings. The molecular formula is C14H18ClNO3S. The molecule has 1 aromatic rings. The van der Waals surface area contributed by atoms with Crippen molar-refractivity contribution >= 4 is 21.6 Å². The lowest BCUT2D eigenvalue weighted by molar-refractivity contribution is -0.0586. The second-order valence-electron chi connectivity index (χ2n) is 5.31. The Balaban J connectivity index is 1.96. The van der Waals surface area contributed by atoms with Gasteiger partial charge in [0.2, 0.25) is 10.0 Å². The molecule has 110 valence electrons. The summed E-state index contributed by atoms with van der Waals surface area (Å²) >= 11 is 6.07. The minimum absolute atomic E-state index is 0.0368. The predicted molar refractivity (Wildman–Crippen MR) is 77.3 cm³/mol. The molecule has 0 spiro atoms. The standard InChI is InChI=1S/C14H18ClNO3S/c15-11-5-1-4-8-14(11)20(17,18)16-9-10-19-13-7-3-2-6-12(13)16/h1,4-5,8,12-13H,2-3,6-7,9-10H2/t12-,13-/m0/s1. The number of morpholine rings is 1. The Bertz CT molecular complexity index is 588. The van der Waals surface area contributed by atoms with Crippen LogP contribution in [-0.4, -0.2) is 38.0 Å². The Morgan fingerprint density at radius 1 is 1.20 bits per heavy atom. The number of fused-ring (bicyclic) bond motifs is 1. The van der Waals surface area contributed by atoms with Gasteiger partial charge in [-0.05, 0) is 25.0 Å². The molecular weight excluding hydrogens is 298 g/mol. The monoisotopic (exact) mass is 315 g/mol. The minimum atomic E-state index is -3.54. The molecule has 2 atom stereocenters. The van der Waals surface area contributed by atoms with Crippen LogP contribution in [0.15, 0.2) is 29.2 Å². The molecule has 0 unspecified atom stereocenters. The lowest BCUT2D eigenvalue weighted by Gasteiger charge is -2.42. The van der Waals surface area contributed by atoms with E-state index in [-0.39, 0.29) is 22.1 Å². The molecule has 1 aliphatic carbocycles. The lowest BCUT2D eigenvalue weighted by Crippen LogP contribution is -2.54. The van der Waals surface area contributed by atoms with E-state index in [1.54, 1.807) is 28.6 Å². The van der Waals surface area contributed by atoms with Gasteiger partial charge < -0.3 is 4.74 Å². The smallest absolute Gasteiger partial charge is 0.244 e. The largest absolute Gasteiger partial charge is 0.375 e. The van der Waals surface area contributed by atoms with Crippen molar-refractivity contribution in [2.24, 2.45) is 0 Å². The number of nitrogens with zero attached hydrogens (tertiary/aromatic N) is 1. The molecule has 1 saturated heterocycles. The van der Waals surface area contributed by atoms with E-state index in [1.165, 1.54) is 0 Å². The van der Waals surface area contributed by atoms with Crippen LogP contribution in [0.4, 0.5) is 0 Å². The first-order chi connectivity index (χ1) is 9.60. The van der Waals surface area contributed by atoms with Crippen LogP contribution in [0.1, 0.15) is 25.7 Å². The zero-order valence-electron chi connectivity index (χ0n) is 11.2. The number of hydrogen-bond acceptors (Lipinski definition) is 3. The van der Waals surface area contributed by atoms with Gasteiger partial charge in [-0.15, -0.1) is 0 Å². The highest BCUT2D eigenvalue weighted by Crippen LogP contribution is 2.33. The van der Waals surface area contributed by atoms with Crippen LogP contribution in [0.2, 0.25) is 5.02 Å². The fourth-order valence-corrected chi connectivity index (χ4v) is 5.30. The fraction of sp³-hybridized carbons (Fsp3) is 0.571. The average molecular weight is 316 g/mol. The number of halogens is 1. The Morgan fingerprint density at radius 3 is 2.75 bits per heavy atom. The Labute approximate surface area is 124 Å². The summed E-state index contributed by atoms with van der Waals surface area (Å²) in [5.74, 6) is 0. The summed E-state index contributed by atoms with van der Waals surface area (Å²) < 4.78 is 33.0. The molecule has 20 heavy (non-hydrogen) atoms. The SMILES string of the molecule is O=S(=O)(c1ccccc1Cl)N1CCO[C@H]2CCCC[C@@H]21. The minimum Gasteiger partial charge on any atom is -0.375 e. The third-order valence-corrected chi connectivity index (χ3v) is 6.53. The van der Waals surface area contributed by atoms with E-state index in [4.69, 9.17) is 16.3 Å². The van der Waals surface area contributed by atoms with Crippen molar-refractivity contribution in [2.75, 3.05) is 13.2 Å². The van der Waals surface area contributed by atoms with Crippen molar-refractivity contribution in [3.8, 4) is 0 Å². The molecule has 0 radical (unpaired) electrons. The van der Waals surface area contributed by atoms with Gasteiger partial charge in [-0.1, -0.05) is 36.6 Å². The van der Waals surface area contributed by atoms with Crippen molar-refractivity contribution in [3.63, 3.8) is 0 Å². The van der Waals surface area contributed by atoms with E-state index in [9.17, 15) is 8.42 Å². The molecule has 4 nitrogen and oxygen atoms in total. The third kappa shape index (κ3) is 2.48. The number of ether oxygens (including phenoxy) is 1. The first kappa shape index (κ1) is 14.3. The van der Waals surface area contributed by atoms with Crippen molar-refractivity contribution in [1.82, 2.24) is 4.31 Å². The lowest BCUT2D eigenvalue weighted by atomic mass is 9.91. The summed E-state index contributed by atoms with van der Waals surface area (Å²) in [6.45, 7) is 0.875. The third-order valence-electron chi connectivity index (χ3n) is 4.10. The van der Waals surface area contributed by atoms with E-state index >= 15 is 0 Å². The summed E-state index contributed by atoms with van der Waals surface area (Å²) in [5, 5.41) is 0.284. The first-order valence-electron chi connectivity index (χ1n) is 6.98. The highest BCUT2D eigenvalue weighted by Gasteiger charge is 2.41. The summed E-state index contributed by atoms with van der Waals surface area (Å²) in [6.07, 6.45) is 4.02. The normalized spacial score (nSPS) is 28.1. The van der Waals surface area contributed by atoms with Gasteiger partial charge in [-0.2, -0.15) is 4.31 Å². The van der Waals surface area contributed by atoms with Crippen molar-refractivity contribution < 1.29 is 13.2 Å². The quantitative estimate of drug-likeness (QED) is 0.843. The summed E-state index contributed by atoms with van der Waals surface area (Å²) in [5.41, 5.74) is 0. The van der Waals surface area contributed by atoms with Gasteiger partial charge in [-0.25, -0.2) is 8.42 Å². The zero-order valence-corrected chi connectivity index (χ0v) is 12.7. The van der Waals surface area contributed by atoms with E-state index in [0.717, 1.165) is 25.7 Å². The first-order valence-corrected chi connectivity index (χ1v) is 8.80. The number of sulfonamides is 1. The number of benzene rings is 1. The van der Waals surface area contributed by atoms with Crippen LogP contribution >= 0.6 is 11.6 Å². The molecule has 1 heterocycles. The Hall–Kier alpha value is -0.620. The van der Waals surface area contributed by atoms with Crippen LogP contribution in [0.3, 0.4) is 0 Å². The number of rotatable bonds is 2. The van der Waals surface area contributed by atoms with Gasteiger partial charge in [0.1, 0.15) is 4.90 Å². The molecule has 6 heteroatoms. The second kappa shape index (κ2) is 5.64. The van der Waals surface area contributed by atoms with Crippen LogP contribution in [0, 0.1) is 0 Å². The van der Waals surface area contributed by atoms with Gasteiger partial charge in [0, 0.05) is 6.54 Å². The maximum Gasteiger partial charge on any atom is 0.244 e. The molecule has 1 saturated carbocycles. The Kier molecular flexibility index (Phi) is 4.04. The molecule has 0 N–H and O–H groups in total. The molecule has 2 aliphatic rings. The van der Waals surface area contributed by atoms with Crippen LogP contribution in [0.5, 0.6) is 0 Å². The molecule has 1 aromatic carbocycles. The summed E-state index contributed by atoms with van der Waals surface area (Å²) in [6, 6.07) is 6.60. The van der Waals surface area contributed by atoms with Crippen molar-refractivity contribution in [3.05, 3.63) is 29.3 Å². The van der Waals surface area contributed by atoms with E-state index < -0.39 is 10.0 Å². The highest BCUT2D eigenvalue weighted by atomic mass is 35.5. The van der Waals surface area contributed by atoms with Crippen molar-refractivity contribution in [1.29, 1.82) is 0 Å². The van der Waals surface area contributed by atoms with E-state index in [2.05, 4.69) is 0 Å². The van der Waals surface area contributed by atoms with Gasteiger partial charge in [0.15, 0.2) is 0 Å². The highest BCUT2D eigenvalue weighted by molar-refractivity contribution is 7.89. The maximum atomic E-state index is 12.8. The molecule has 0 amide bonds. The van der Waals surface area contributed by atoms with E-state index in [0.29, 0.717) is 13.2 Å². The molecule has 3 rings (SSSR count). The van der Waals surface area contributed by atoms with E-state index in [1.807, 2.05) is 0 Å². The van der Waals surface area contributed by atoms with Crippen LogP contribution < -0.4 is 0 Å². The van der Waals surface area contributed by atoms with Gasteiger partial charge in [0.25, 0.3) is 0 Å². The van der Waals surface area contributed by atoms with Crippen LogP contribution in [-0.2, 0) is 14.8 Å². The zero-order chi connectivity index (χ0) is 14.2. The fourth-order valence-electron chi connectivity index (χ4n) is 3.14. The predicted octanol–water partition coefficient (Wildman–Crippen LogP) is 2.67. The van der Waals surface area contributed by atoms with Crippen LogP contribution in [0.25, 0.3) is 0 Å². The summed E-state index contributed by atoms with van der Waals surface area (Å²) in [7, 11) is -3.54. The molecule has 1 aliphatic heterocycles. The second-order valence-corrected chi connectivity index (χ2v) is 7.57. The number of hydrogen-bond donors (Lipinski definition) is 0. The average Bonchev–Trinajstić information content (AvgIpc) is 2.47. The van der Waals surface area contributed by atoms with Gasteiger partial charge in [0.05, 0.1) is 23.8 Å². The Morgan fingerprint density at radius 2 is 1.95 bits per heavy atom. The molecule has 0 aromatic heterocycles.